The van der Waals surface area contributed by atoms with Crippen molar-refractivity contribution in [3.05, 3.63) is 42.0 Å². The van der Waals surface area contributed by atoms with E-state index >= 15 is 0 Å². The molecule has 2 aromatic rings. The van der Waals surface area contributed by atoms with Crippen LogP contribution in [0.5, 0.6) is 5.75 Å². The standard InChI is InChI=1S/C16H18O2/c1-4-16(11(2)17)14-6-5-13-10-15(18-3)8-7-12(13)9-14/h5-10,16H,4H2,1-3H3/t16-/m1/s1. The first-order valence-corrected chi connectivity index (χ1v) is 6.24. The number of carbonyl (C=O) groups is 1. The highest BCUT2D eigenvalue weighted by molar-refractivity contribution is 5.88. The van der Waals surface area contributed by atoms with Gasteiger partial charge in [0.1, 0.15) is 11.5 Å². The minimum atomic E-state index is 0.0106. The number of ketones is 1. The van der Waals surface area contributed by atoms with Crippen LogP contribution in [0.1, 0.15) is 31.7 Å². The summed E-state index contributed by atoms with van der Waals surface area (Å²) in [5, 5.41) is 2.28. The predicted molar refractivity (Wildman–Crippen MR) is 74.2 cm³/mol. The van der Waals surface area contributed by atoms with Gasteiger partial charge in [0.25, 0.3) is 0 Å². The van der Waals surface area contributed by atoms with Crippen LogP contribution < -0.4 is 4.74 Å². The fourth-order valence-electron chi connectivity index (χ4n) is 2.34. The van der Waals surface area contributed by atoms with Gasteiger partial charge in [-0.05, 0) is 41.8 Å². The topological polar surface area (TPSA) is 26.3 Å². The van der Waals surface area contributed by atoms with Crippen LogP contribution in [-0.4, -0.2) is 12.9 Å². The Morgan fingerprint density at radius 1 is 1.17 bits per heavy atom. The normalized spacial score (nSPS) is 12.4. The molecule has 0 aliphatic heterocycles. The maximum absolute atomic E-state index is 11.6. The lowest BCUT2D eigenvalue weighted by atomic mass is 9.91. The van der Waals surface area contributed by atoms with Gasteiger partial charge < -0.3 is 4.74 Å². The van der Waals surface area contributed by atoms with Crippen molar-refractivity contribution in [1.82, 2.24) is 0 Å². The first-order chi connectivity index (χ1) is 8.65. The van der Waals surface area contributed by atoms with Gasteiger partial charge >= 0.3 is 0 Å². The average molecular weight is 242 g/mol. The molecule has 1 atom stereocenters. The van der Waals surface area contributed by atoms with Crippen molar-refractivity contribution >= 4 is 16.6 Å². The molecule has 2 aromatic carbocycles. The number of hydrogen-bond donors (Lipinski definition) is 0. The summed E-state index contributed by atoms with van der Waals surface area (Å²) in [6.45, 7) is 3.71. The third-order valence-electron chi connectivity index (χ3n) is 3.37. The minimum Gasteiger partial charge on any atom is -0.497 e. The van der Waals surface area contributed by atoms with E-state index in [0.717, 1.165) is 28.5 Å². The van der Waals surface area contributed by atoms with E-state index in [1.165, 1.54) is 0 Å². The molecule has 0 aliphatic carbocycles. The quantitative estimate of drug-likeness (QED) is 0.812. The lowest BCUT2D eigenvalue weighted by Gasteiger charge is -2.12. The average Bonchev–Trinajstić information content (AvgIpc) is 2.38. The van der Waals surface area contributed by atoms with Crippen molar-refractivity contribution in [3.63, 3.8) is 0 Å². The van der Waals surface area contributed by atoms with Crippen LogP contribution in [0.25, 0.3) is 10.8 Å². The molecule has 0 bridgehead atoms. The van der Waals surface area contributed by atoms with Crippen LogP contribution in [0.3, 0.4) is 0 Å². The third-order valence-corrected chi connectivity index (χ3v) is 3.37. The molecular weight excluding hydrogens is 224 g/mol. The molecule has 18 heavy (non-hydrogen) atoms. The Morgan fingerprint density at radius 2 is 1.83 bits per heavy atom. The highest BCUT2D eigenvalue weighted by atomic mass is 16.5. The van der Waals surface area contributed by atoms with Gasteiger partial charge in [-0.2, -0.15) is 0 Å². The molecule has 2 heteroatoms. The Labute approximate surface area is 108 Å². The van der Waals surface area contributed by atoms with Crippen LogP contribution in [-0.2, 0) is 4.79 Å². The molecule has 0 unspecified atom stereocenters. The number of rotatable bonds is 4. The molecule has 0 N–H and O–H groups in total. The summed E-state index contributed by atoms with van der Waals surface area (Å²) in [6.07, 6.45) is 0.844. The summed E-state index contributed by atoms with van der Waals surface area (Å²) in [4.78, 5) is 11.6. The summed E-state index contributed by atoms with van der Waals surface area (Å²) in [5.74, 6) is 1.09. The zero-order valence-corrected chi connectivity index (χ0v) is 11.1. The smallest absolute Gasteiger partial charge is 0.137 e. The fraction of sp³-hybridized carbons (Fsp3) is 0.312. The first kappa shape index (κ1) is 12.6. The van der Waals surface area contributed by atoms with E-state index in [0.29, 0.717) is 0 Å². The summed E-state index contributed by atoms with van der Waals surface area (Å²) in [5.41, 5.74) is 1.10. The molecule has 0 aliphatic rings. The molecular formula is C16H18O2. The van der Waals surface area contributed by atoms with Crippen molar-refractivity contribution in [3.8, 4) is 5.75 Å². The van der Waals surface area contributed by atoms with Gasteiger partial charge in [-0.15, -0.1) is 0 Å². The first-order valence-electron chi connectivity index (χ1n) is 6.24. The number of benzene rings is 2. The molecule has 0 saturated heterocycles. The summed E-state index contributed by atoms with van der Waals surface area (Å²) in [6, 6.07) is 12.2. The lowest BCUT2D eigenvalue weighted by Crippen LogP contribution is -2.07. The largest absolute Gasteiger partial charge is 0.497 e. The van der Waals surface area contributed by atoms with Gasteiger partial charge in [-0.25, -0.2) is 0 Å². The van der Waals surface area contributed by atoms with Gasteiger partial charge in [-0.1, -0.05) is 31.2 Å². The minimum absolute atomic E-state index is 0.0106. The zero-order valence-electron chi connectivity index (χ0n) is 11.1. The molecule has 0 saturated carbocycles. The lowest BCUT2D eigenvalue weighted by molar-refractivity contribution is -0.118. The second-order valence-electron chi connectivity index (χ2n) is 4.54. The molecule has 0 aromatic heterocycles. The molecule has 0 amide bonds. The maximum atomic E-state index is 11.6. The van der Waals surface area contributed by atoms with E-state index in [1.807, 2.05) is 31.2 Å². The van der Waals surface area contributed by atoms with E-state index < -0.39 is 0 Å². The van der Waals surface area contributed by atoms with Crippen LogP contribution >= 0.6 is 0 Å². The zero-order chi connectivity index (χ0) is 13.1. The van der Waals surface area contributed by atoms with Crippen LogP contribution in [0.15, 0.2) is 36.4 Å². The van der Waals surface area contributed by atoms with E-state index in [1.54, 1.807) is 14.0 Å². The number of fused-ring (bicyclic) bond motifs is 1. The molecule has 94 valence electrons. The number of methoxy groups -OCH3 is 1. The SMILES string of the molecule is CC[C@H](C(C)=O)c1ccc2cc(OC)ccc2c1. The van der Waals surface area contributed by atoms with Gasteiger partial charge in [-0.3, -0.25) is 4.79 Å². The van der Waals surface area contributed by atoms with E-state index in [-0.39, 0.29) is 11.7 Å². The van der Waals surface area contributed by atoms with Crippen LogP contribution in [0, 0.1) is 0 Å². The molecule has 2 nitrogen and oxygen atoms in total. The van der Waals surface area contributed by atoms with Gasteiger partial charge in [0, 0.05) is 5.92 Å². The Hall–Kier alpha value is -1.83. The maximum Gasteiger partial charge on any atom is 0.137 e. The Bertz CT molecular complexity index is 572. The van der Waals surface area contributed by atoms with Crippen molar-refractivity contribution in [1.29, 1.82) is 0 Å². The molecule has 0 heterocycles. The second kappa shape index (κ2) is 5.21. The summed E-state index contributed by atoms with van der Waals surface area (Å²) in [7, 11) is 1.67. The van der Waals surface area contributed by atoms with E-state index in [2.05, 4.69) is 12.1 Å². The number of carbonyl (C=O) groups excluding carboxylic acids is 1. The second-order valence-corrected chi connectivity index (χ2v) is 4.54. The number of Topliss-reactive ketones (excluding diaryl/α,β-unsaturated/α-hetero) is 1. The highest BCUT2D eigenvalue weighted by Gasteiger charge is 2.14. The van der Waals surface area contributed by atoms with Crippen molar-refractivity contribution in [2.24, 2.45) is 0 Å². The summed E-state index contributed by atoms with van der Waals surface area (Å²) < 4.78 is 5.21. The summed E-state index contributed by atoms with van der Waals surface area (Å²) >= 11 is 0. The van der Waals surface area contributed by atoms with Gasteiger partial charge in [0.2, 0.25) is 0 Å². The fourth-order valence-corrected chi connectivity index (χ4v) is 2.34. The Morgan fingerprint density at radius 3 is 2.44 bits per heavy atom. The molecule has 2 rings (SSSR count). The number of ether oxygens (including phenoxy) is 1. The molecule has 0 radical (unpaired) electrons. The number of hydrogen-bond acceptors (Lipinski definition) is 2. The predicted octanol–water partition coefficient (Wildman–Crippen LogP) is 3.93. The van der Waals surface area contributed by atoms with Crippen LogP contribution in [0.4, 0.5) is 0 Å². The highest BCUT2D eigenvalue weighted by Crippen LogP contribution is 2.27. The Kier molecular flexibility index (Phi) is 3.66. The van der Waals surface area contributed by atoms with Crippen molar-refractivity contribution < 1.29 is 9.53 Å². The van der Waals surface area contributed by atoms with E-state index in [9.17, 15) is 4.79 Å². The molecule has 0 spiro atoms. The van der Waals surface area contributed by atoms with Crippen LogP contribution in [0.2, 0.25) is 0 Å². The Balaban J connectivity index is 2.47. The van der Waals surface area contributed by atoms with Gasteiger partial charge in [0.05, 0.1) is 7.11 Å². The third kappa shape index (κ3) is 2.37. The monoisotopic (exact) mass is 242 g/mol. The molecule has 0 fully saturated rings. The van der Waals surface area contributed by atoms with Gasteiger partial charge in [0.15, 0.2) is 0 Å². The van der Waals surface area contributed by atoms with Crippen molar-refractivity contribution in [2.75, 3.05) is 7.11 Å². The van der Waals surface area contributed by atoms with Crippen molar-refractivity contribution in [2.45, 2.75) is 26.2 Å². The van der Waals surface area contributed by atoms with E-state index in [4.69, 9.17) is 4.74 Å².